The lowest BCUT2D eigenvalue weighted by Gasteiger charge is -2.11. The summed E-state index contributed by atoms with van der Waals surface area (Å²) in [5.74, 6) is -0.269. The average Bonchev–Trinajstić information content (AvgIpc) is 2.78. The highest BCUT2D eigenvalue weighted by atomic mass is 16.4. The van der Waals surface area contributed by atoms with Crippen molar-refractivity contribution >= 4 is 17.5 Å². The van der Waals surface area contributed by atoms with Crippen molar-refractivity contribution in [2.45, 2.75) is 33.1 Å². The minimum atomic E-state index is -0.954. The molecule has 0 saturated heterocycles. The molecule has 112 valence electrons. The molecule has 0 saturated carbocycles. The molecule has 2 N–H and O–H groups in total. The summed E-state index contributed by atoms with van der Waals surface area (Å²) in [6, 6.07) is 3.16. The van der Waals surface area contributed by atoms with Crippen molar-refractivity contribution in [3.05, 3.63) is 35.3 Å². The van der Waals surface area contributed by atoms with Crippen LogP contribution < -0.4 is 5.32 Å². The van der Waals surface area contributed by atoms with Gasteiger partial charge in [-0.15, -0.1) is 0 Å². The number of aromatic carboxylic acids is 1. The minimum Gasteiger partial charge on any atom is -0.478 e. The third-order valence-electron chi connectivity index (χ3n) is 3.19. The maximum atomic E-state index is 11.2. The van der Waals surface area contributed by atoms with Crippen LogP contribution in [0.5, 0.6) is 0 Å². The molecule has 0 spiro atoms. The van der Waals surface area contributed by atoms with Crippen molar-refractivity contribution < 1.29 is 9.90 Å². The molecule has 0 bridgehead atoms. The normalized spacial score (nSPS) is 10.9. The number of anilines is 2. The van der Waals surface area contributed by atoms with Gasteiger partial charge in [0.1, 0.15) is 5.82 Å². The molecule has 21 heavy (non-hydrogen) atoms. The Morgan fingerprint density at radius 1 is 1.43 bits per heavy atom. The predicted molar refractivity (Wildman–Crippen MR) is 81.2 cm³/mol. The van der Waals surface area contributed by atoms with E-state index in [0.29, 0.717) is 5.82 Å². The quantitative estimate of drug-likeness (QED) is 0.884. The third-order valence-corrected chi connectivity index (χ3v) is 3.19. The summed E-state index contributed by atoms with van der Waals surface area (Å²) in [6.45, 7) is 5.99. The lowest BCUT2D eigenvalue weighted by Crippen LogP contribution is -2.05. The second-order valence-electron chi connectivity index (χ2n) is 5.27. The van der Waals surface area contributed by atoms with Crippen LogP contribution in [0.3, 0.4) is 0 Å². The van der Waals surface area contributed by atoms with Gasteiger partial charge in [0.15, 0.2) is 0 Å². The number of carboxylic acids is 1. The number of carbonyl (C=O) groups is 1. The molecular weight excluding hydrogens is 268 g/mol. The second-order valence-corrected chi connectivity index (χ2v) is 5.27. The van der Waals surface area contributed by atoms with Crippen LogP contribution in [0.25, 0.3) is 0 Å². The molecule has 6 nitrogen and oxygen atoms in total. The van der Waals surface area contributed by atoms with Gasteiger partial charge in [0, 0.05) is 18.9 Å². The number of carboxylic acid groups (broad SMARTS) is 1. The largest absolute Gasteiger partial charge is 0.478 e. The molecule has 0 unspecified atom stereocenters. The molecule has 0 aliphatic heterocycles. The van der Waals surface area contributed by atoms with Crippen LogP contribution in [-0.2, 0) is 13.5 Å². The summed E-state index contributed by atoms with van der Waals surface area (Å²) < 4.78 is 1.73. The highest BCUT2D eigenvalue weighted by Crippen LogP contribution is 2.23. The molecule has 6 heteroatoms. The van der Waals surface area contributed by atoms with Gasteiger partial charge in [-0.2, -0.15) is 5.10 Å². The summed E-state index contributed by atoms with van der Waals surface area (Å²) in [5, 5.41) is 16.7. The Morgan fingerprint density at radius 3 is 2.71 bits per heavy atom. The van der Waals surface area contributed by atoms with Crippen molar-refractivity contribution in [3.63, 3.8) is 0 Å². The van der Waals surface area contributed by atoms with Gasteiger partial charge in [0.05, 0.1) is 16.9 Å². The summed E-state index contributed by atoms with van der Waals surface area (Å²) in [6.07, 6.45) is 2.65. The fourth-order valence-electron chi connectivity index (χ4n) is 2.07. The number of aromatic nitrogens is 3. The average molecular weight is 288 g/mol. The number of aryl methyl sites for hydroxylation is 2. The number of nitrogens with one attached hydrogen (secondary N) is 1. The van der Waals surface area contributed by atoms with E-state index in [9.17, 15) is 9.90 Å². The molecule has 2 aromatic rings. The lowest BCUT2D eigenvalue weighted by atomic mass is 10.1. The van der Waals surface area contributed by atoms with E-state index in [4.69, 9.17) is 0 Å². The smallest absolute Gasteiger partial charge is 0.335 e. The van der Waals surface area contributed by atoms with E-state index in [1.54, 1.807) is 16.8 Å². The lowest BCUT2D eigenvalue weighted by molar-refractivity contribution is 0.0696. The van der Waals surface area contributed by atoms with Crippen molar-refractivity contribution in [3.8, 4) is 0 Å². The van der Waals surface area contributed by atoms with Crippen molar-refractivity contribution in [2.75, 3.05) is 5.32 Å². The first-order chi connectivity index (χ1) is 9.90. The standard InChI is InChI=1S/C15H20N4O2/c1-5-11-13(8-19(4)18-11)17-14-7-10(15(20)21)6-12(16-14)9(2)3/h6-9H,5H2,1-4H3,(H,16,17)(H,20,21). The molecule has 2 rings (SSSR count). The fraction of sp³-hybridized carbons (Fsp3) is 0.400. The monoisotopic (exact) mass is 288 g/mol. The van der Waals surface area contributed by atoms with Crippen LogP contribution in [0.2, 0.25) is 0 Å². The molecule has 0 radical (unpaired) electrons. The highest BCUT2D eigenvalue weighted by molar-refractivity contribution is 5.89. The number of hydrogen-bond donors (Lipinski definition) is 2. The maximum Gasteiger partial charge on any atom is 0.335 e. The molecule has 0 fully saturated rings. The first-order valence-electron chi connectivity index (χ1n) is 6.95. The topological polar surface area (TPSA) is 80.0 Å². The van der Waals surface area contributed by atoms with Crippen LogP contribution in [0, 0.1) is 0 Å². The van der Waals surface area contributed by atoms with E-state index >= 15 is 0 Å². The Labute approximate surface area is 123 Å². The number of hydrogen-bond acceptors (Lipinski definition) is 4. The summed E-state index contributed by atoms with van der Waals surface area (Å²) in [7, 11) is 1.85. The molecule has 2 aromatic heterocycles. The van der Waals surface area contributed by atoms with Crippen LogP contribution in [0.4, 0.5) is 11.5 Å². The van der Waals surface area contributed by atoms with E-state index in [1.165, 1.54) is 0 Å². The maximum absolute atomic E-state index is 11.2. The van der Waals surface area contributed by atoms with Gasteiger partial charge in [-0.25, -0.2) is 9.78 Å². The van der Waals surface area contributed by atoms with Crippen LogP contribution >= 0.6 is 0 Å². The van der Waals surface area contributed by atoms with E-state index in [0.717, 1.165) is 23.5 Å². The molecular formula is C15H20N4O2. The predicted octanol–water partition coefficient (Wildman–Crippen LogP) is 2.94. The summed E-state index contributed by atoms with van der Waals surface area (Å²) in [4.78, 5) is 15.7. The van der Waals surface area contributed by atoms with E-state index in [2.05, 4.69) is 15.4 Å². The summed E-state index contributed by atoms with van der Waals surface area (Å²) in [5.41, 5.74) is 2.76. The number of rotatable bonds is 5. The van der Waals surface area contributed by atoms with E-state index in [-0.39, 0.29) is 11.5 Å². The third kappa shape index (κ3) is 3.39. The second kappa shape index (κ2) is 5.95. The minimum absolute atomic E-state index is 0.157. The van der Waals surface area contributed by atoms with Crippen LogP contribution in [-0.4, -0.2) is 25.8 Å². The van der Waals surface area contributed by atoms with Gasteiger partial charge in [-0.05, 0) is 24.5 Å². The molecule has 0 aliphatic carbocycles. The van der Waals surface area contributed by atoms with Gasteiger partial charge in [0.2, 0.25) is 0 Å². The Bertz CT molecular complexity index is 662. The first-order valence-corrected chi connectivity index (χ1v) is 6.95. The summed E-state index contributed by atoms with van der Waals surface area (Å²) >= 11 is 0. The zero-order valence-corrected chi connectivity index (χ0v) is 12.7. The zero-order valence-electron chi connectivity index (χ0n) is 12.7. The van der Waals surface area contributed by atoms with Gasteiger partial charge in [0.25, 0.3) is 0 Å². The number of nitrogens with zero attached hydrogens (tertiary/aromatic N) is 3. The van der Waals surface area contributed by atoms with Gasteiger partial charge >= 0.3 is 5.97 Å². The number of pyridine rings is 1. The molecule has 2 heterocycles. The first kappa shape index (κ1) is 15.0. The van der Waals surface area contributed by atoms with Crippen LogP contribution in [0.1, 0.15) is 48.4 Å². The van der Waals surface area contributed by atoms with Gasteiger partial charge in [-0.1, -0.05) is 20.8 Å². The molecule has 0 atom stereocenters. The molecule has 0 aromatic carbocycles. The van der Waals surface area contributed by atoms with E-state index in [1.807, 2.05) is 34.0 Å². The molecule has 0 amide bonds. The van der Waals surface area contributed by atoms with Crippen molar-refractivity contribution in [1.29, 1.82) is 0 Å². The Kier molecular flexibility index (Phi) is 4.26. The fourth-order valence-corrected chi connectivity index (χ4v) is 2.07. The molecule has 0 aliphatic rings. The Hall–Kier alpha value is -2.37. The highest BCUT2D eigenvalue weighted by Gasteiger charge is 2.13. The van der Waals surface area contributed by atoms with E-state index < -0.39 is 5.97 Å². The van der Waals surface area contributed by atoms with Crippen LogP contribution in [0.15, 0.2) is 18.3 Å². The van der Waals surface area contributed by atoms with Gasteiger partial charge in [-0.3, -0.25) is 4.68 Å². The van der Waals surface area contributed by atoms with Crippen molar-refractivity contribution in [2.24, 2.45) is 7.05 Å². The Morgan fingerprint density at radius 2 is 2.14 bits per heavy atom. The Balaban J connectivity index is 2.40. The zero-order chi connectivity index (χ0) is 15.6. The van der Waals surface area contributed by atoms with Gasteiger partial charge < -0.3 is 10.4 Å². The SMILES string of the molecule is CCc1nn(C)cc1Nc1cc(C(=O)O)cc(C(C)C)n1. The van der Waals surface area contributed by atoms with Crippen molar-refractivity contribution in [1.82, 2.24) is 14.8 Å².